The molecule has 1 N–H and O–H groups in total. The molecule has 5 heteroatoms. The molecule has 19 heavy (non-hydrogen) atoms. The monoisotopic (exact) mass is 326 g/mol. The van der Waals surface area contributed by atoms with E-state index in [1.807, 2.05) is 36.2 Å². The van der Waals surface area contributed by atoms with Crippen molar-refractivity contribution >= 4 is 21.8 Å². The summed E-state index contributed by atoms with van der Waals surface area (Å²) in [5, 5.41) is 2.97. The Labute approximate surface area is 122 Å². The van der Waals surface area contributed by atoms with Gasteiger partial charge in [0.15, 0.2) is 0 Å². The van der Waals surface area contributed by atoms with Crippen molar-refractivity contribution in [2.24, 2.45) is 0 Å². The Morgan fingerprint density at radius 3 is 3.00 bits per heavy atom. The zero-order valence-electron chi connectivity index (χ0n) is 11.1. The second-order valence-corrected chi connectivity index (χ2v) is 5.80. The van der Waals surface area contributed by atoms with E-state index >= 15 is 0 Å². The van der Waals surface area contributed by atoms with Crippen LogP contribution < -0.4 is 10.1 Å². The first kappa shape index (κ1) is 14.3. The van der Waals surface area contributed by atoms with E-state index in [0.29, 0.717) is 19.2 Å². The third-order valence-corrected chi connectivity index (χ3v) is 3.39. The van der Waals surface area contributed by atoms with E-state index in [1.165, 1.54) is 0 Å². The van der Waals surface area contributed by atoms with Crippen molar-refractivity contribution in [2.45, 2.75) is 18.9 Å². The topological polar surface area (TPSA) is 41.6 Å². The van der Waals surface area contributed by atoms with Gasteiger partial charge in [-0.25, -0.2) is 0 Å². The molecule has 0 unspecified atom stereocenters. The first-order valence-corrected chi connectivity index (χ1v) is 7.29. The molecule has 0 bridgehead atoms. The Kier molecular flexibility index (Phi) is 5.22. The number of hydrogen-bond acceptors (Lipinski definition) is 3. The molecule has 1 aliphatic rings. The summed E-state index contributed by atoms with van der Waals surface area (Å²) in [7, 11) is 1.93. The summed E-state index contributed by atoms with van der Waals surface area (Å²) in [4.78, 5) is 13.5. The van der Waals surface area contributed by atoms with Crippen LogP contribution >= 0.6 is 15.9 Å². The third-order valence-electron chi connectivity index (χ3n) is 2.89. The maximum absolute atomic E-state index is 11.6. The van der Waals surface area contributed by atoms with Crippen molar-refractivity contribution in [2.75, 3.05) is 26.7 Å². The molecule has 0 atom stereocenters. The van der Waals surface area contributed by atoms with Gasteiger partial charge in [0.25, 0.3) is 0 Å². The quantitative estimate of drug-likeness (QED) is 0.833. The molecule has 2 rings (SSSR count). The van der Waals surface area contributed by atoms with Gasteiger partial charge in [-0.3, -0.25) is 9.69 Å². The first-order valence-electron chi connectivity index (χ1n) is 6.50. The van der Waals surface area contributed by atoms with E-state index in [-0.39, 0.29) is 5.91 Å². The minimum Gasteiger partial charge on any atom is -0.492 e. The molecule has 104 valence electrons. The second-order valence-electron chi connectivity index (χ2n) is 4.89. The van der Waals surface area contributed by atoms with Crippen molar-refractivity contribution in [3.63, 3.8) is 0 Å². The SMILES string of the molecule is CN(CCOc1cccc(Br)c1)CC(=O)NC1CC1. The lowest BCUT2D eigenvalue weighted by molar-refractivity contribution is -0.122. The van der Waals surface area contributed by atoms with Gasteiger partial charge in [-0.2, -0.15) is 0 Å². The Hall–Kier alpha value is -1.07. The summed E-state index contributed by atoms with van der Waals surface area (Å²) in [6.07, 6.45) is 2.25. The van der Waals surface area contributed by atoms with Gasteiger partial charge >= 0.3 is 0 Å². The van der Waals surface area contributed by atoms with Crippen molar-refractivity contribution in [3.8, 4) is 5.75 Å². The average molecular weight is 327 g/mol. The number of carbonyl (C=O) groups is 1. The van der Waals surface area contributed by atoms with E-state index in [1.54, 1.807) is 0 Å². The fourth-order valence-corrected chi connectivity index (χ4v) is 2.08. The number of nitrogens with one attached hydrogen (secondary N) is 1. The first-order chi connectivity index (χ1) is 9.13. The zero-order chi connectivity index (χ0) is 13.7. The summed E-state index contributed by atoms with van der Waals surface area (Å²) < 4.78 is 6.63. The van der Waals surface area contributed by atoms with Crippen LogP contribution in [0.1, 0.15) is 12.8 Å². The van der Waals surface area contributed by atoms with Crippen molar-refractivity contribution in [3.05, 3.63) is 28.7 Å². The van der Waals surface area contributed by atoms with Crippen LogP contribution in [-0.2, 0) is 4.79 Å². The summed E-state index contributed by atoms with van der Waals surface area (Å²) in [6, 6.07) is 8.18. The number of benzene rings is 1. The highest BCUT2D eigenvalue weighted by molar-refractivity contribution is 9.10. The van der Waals surface area contributed by atoms with Gasteiger partial charge in [0.1, 0.15) is 12.4 Å². The van der Waals surface area contributed by atoms with E-state index in [4.69, 9.17) is 4.74 Å². The molecular formula is C14H19BrN2O2. The minimum absolute atomic E-state index is 0.104. The highest BCUT2D eigenvalue weighted by atomic mass is 79.9. The van der Waals surface area contributed by atoms with Gasteiger partial charge in [0.2, 0.25) is 5.91 Å². The van der Waals surface area contributed by atoms with Crippen LogP contribution in [0.4, 0.5) is 0 Å². The van der Waals surface area contributed by atoms with Crippen LogP contribution in [0.5, 0.6) is 5.75 Å². The summed E-state index contributed by atoms with van der Waals surface area (Å²) in [6.45, 7) is 1.73. The fraction of sp³-hybridized carbons (Fsp3) is 0.500. The largest absolute Gasteiger partial charge is 0.492 e. The number of ether oxygens (including phenoxy) is 1. The molecule has 1 aromatic rings. The smallest absolute Gasteiger partial charge is 0.234 e. The van der Waals surface area contributed by atoms with Gasteiger partial charge in [0.05, 0.1) is 6.54 Å². The van der Waals surface area contributed by atoms with Crippen LogP contribution in [0.3, 0.4) is 0 Å². The molecule has 4 nitrogen and oxygen atoms in total. The number of likely N-dealkylation sites (N-methyl/N-ethyl adjacent to an activating group) is 1. The standard InChI is InChI=1S/C14H19BrN2O2/c1-17(10-14(18)16-12-5-6-12)7-8-19-13-4-2-3-11(15)9-13/h2-4,9,12H,5-8,10H2,1H3,(H,16,18). The lowest BCUT2D eigenvalue weighted by Gasteiger charge is -2.16. The van der Waals surface area contributed by atoms with E-state index in [9.17, 15) is 4.79 Å². The average Bonchev–Trinajstić information content (AvgIpc) is 3.12. The van der Waals surface area contributed by atoms with Crippen molar-refractivity contribution < 1.29 is 9.53 Å². The number of nitrogens with zero attached hydrogens (tertiary/aromatic N) is 1. The number of rotatable bonds is 7. The lowest BCUT2D eigenvalue weighted by atomic mass is 10.3. The number of carbonyl (C=O) groups excluding carboxylic acids is 1. The zero-order valence-corrected chi connectivity index (χ0v) is 12.6. The maximum atomic E-state index is 11.6. The molecule has 1 amide bonds. The van der Waals surface area contributed by atoms with Crippen LogP contribution in [-0.4, -0.2) is 43.6 Å². The molecule has 0 spiro atoms. The van der Waals surface area contributed by atoms with Gasteiger partial charge in [0, 0.05) is 17.1 Å². The predicted octanol–water partition coefficient (Wildman–Crippen LogP) is 2.04. The highest BCUT2D eigenvalue weighted by Gasteiger charge is 2.23. The summed E-state index contributed by atoms with van der Waals surface area (Å²) in [5.74, 6) is 0.942. The second kappa shape index (κ2) is 6.91. The lowest BCUT2D eigenvalue weighted by Crippen LogP contribution is -2.37. The molecule has 1 fully saturated rings. The Balaban J connectivity index is 1.62. The van der Waals surface area contributed by atoms with Crippen LogP contribution in [0, 0.1) is 0 Å². The van der Waals surface area contributed by atoms with Crippen molar-refractivity contribution in [1.29, 1.82) is 0 Å². The fourth-order valence-electron chi connectivity index (χ4n) is 1.70. The van der Waals surface area contributed by atoms with Gasteiger partial charge in [-0.05, 0) is 38.1 Å². The summed E-state index contributed by atoms with van der Waals surface area (Å²) in [5.41, 5.74) is 0. The molecule has 0 aromatic heterocycles. The van der Waals surface area contributed by atoms with Gasteiger partial charge < -0.3 is 10.1 Å². The third kappa shape index (κ3) is 5.61. The van der Waals surface area contributed by atoms with Gasteiger partial charge in [-0.15, -0.1) is 0 Å². The Bertz CT molecular complexity index is 435. The Morgan fingerprint density at radius 2 is 2.32 bits per heavy atom. The van der Waals surface area contributed by atoms with E-state index < -0.39 is 0 Å². The molecule has 0 aliphatic heterocycles. The van der Waals surface area contributed by atoms with Crippen molar-refractivity contribution in [1.82, 2.24) is 10.2 Å². The molecule has 0 heterocycles. The predicted molar refractivity (Wildman–Crippen MR) is 78.3 cm³/mol. The Morgan fingerprint density at radius 1 is 1.53 bits per heavy atom. The molecule has 0 radical (unpaired) electrons. The number of halogens is 1. The molecule has 1 saturated carbocycles. The van der Waals surface area contributed by atoms with E-state index in [0.717, 1.165) is 29.6 Å². The maximum Gasteiger partial charge on any atom is 0.234 e. The van der Waals surface area contributed by atoms with Crippen LogP contribution in [0.2, 0.25) is 0 Å². The molecule has 0 saturated heterocycles. The number of hydrogen-bond donors (Lipinski definition) is 1. The highest BCUT2D eigenvalue weighted by Crippen LogP contribution is 2.18. The van der Waals surface area contributed by atoms with E-state index in [2.05, 4.69) is 21.2 Å². The van der Waals surface area contributed by atoms with Crippen LogP contribution in [0.25, 0.3) is 0 Å². The number of amides is 1. The molecule has 1 aromatic carbocycles. The minimum atomic E-state index is 0.104. The summed E-state index contributed by atoms with van der Waals surface area (Å²) >= 11 is 3.40. The van der Waals surface area contributed by atoms with Gasteiger partial charge in [-0.1, -0.05) is 22.0 Å². The molecule has 1 aliphatic carbocycles. The molecular weight excluding hydrogens is 308 g/mol. The van der Waals surface area contributed by atoms with Crippen LogP contribution in [0.15, 0.2) is 28.7 Å². The normalized spacial score (nSPS) is 14.5.